The first kappa shape index (κ1) is 11.9. The van der Waals surface area contributed by atoms with Gasteiger partial charge < -0.3 is 4.74 Å². The third-order valence-corrected chi connectivity index (χ3v) is 2.36. The highest BCUT2D eigenvalue weighted by atomic mass is 79.9. The smallest absolute Gasteiger partial charge is 0.340 e. The van der Waals surface area contributed by atoms with Crippen LogP contribution in [0.1, 0.15) is 23.7 Å². The number of benzene rings is 1. The topological polar surface area (TPSA) is 51.9 Å². The van der Waals surface area contributed by atoms with Gasteiger partial charge >= 0.3 is 5.90 Å². The summed E-state index contributed by atoms with van der Waals surface area (Å²) in [4.78, 5) is 11.6. The summed E-state index contributed by atoms with van der Waals surface area (Å²) in [5.41, 5.74) is 0.640. The molecule has 1 aromatic carbocycles. The number of Topliss-reactive ketones (excluding diaryl/α,β-unsaturated/α-hetero) is 1. The van der Waals surface area contributed by atoms with Crippen LogP contribution in [0.25, 0.3) is 0 Å². The van der Waals surface area contributed by atoms with Crippen molar-refractivity contribution >= 4 is 27.6 Å². The number of halogens is 1. The molecule has 3 nitrogen and oxygen atoms in total. The minimum atomic E-state index is -0.0338. The van der Waals surface area contributed by atoms with Crippen molar-refractivity contribution in [1.29, 1.82) is 0 Å². The van der Waals surface area contributed by atoms with Crippen LogP contribution in [0.5, 0.6) is 0 Å². The molecule has 15 heavy (non-hydrogen) atoms. The molecule has 0 aliphatic heterocycles. The Bertz CT molecular complexity index is 359. The highest BCUT2D eigenvalue weighted by molar-refractivity contribution is 9.10. The van der Waals surface area contributed by atoms with Gasteiger partial charge in [-0.15, -0.1) is 0 Å². The Hall–Kier alpha value is -1.16. The van der Waals surface area contributed by atoms with Gasteiger partial charge in [0.1, 0.15) is 6.42 Å². The van der Waals surface area contributed by atoms with Gasteiger partial charge in [-0.3, -0.25) is 4.79 Å². The highest BCUT2D eigenvalue weighted by Gasteiger charge is 2.13. The van der Waals surface area contributed by atoms with Crippen LogP contribution < -0.4 is 5.41 Å². The Labute approximate surface area is 97.1 Å². The number of carbonyl (C=O) groups excluding carboxylic acids is 1. The van der Waals surface area contributed by atoms with Gasteiger partial charge in [-0.25, -0.2) is 5.41 Å². The Morgan fingerprint density at radius 3 is 2.53 bits per heavy atom. The van der Waals surface area contributed by atoms with Crippen molar-refractivity contribution in [3.63, 3.8) is 0 Å². The zero-order valence-corrected chi connectivity index (χ0v) is 10.1. The lowest BCUT2D eigenvalue weighted by atomic mass is 10.1. The molecule has 4 heteroatoms. The van der Waals surface area contributed by atoms with Crippen molar-refractivity contribution in [1.82, 2.24) is 0 Å². The second-order valence-corrected chi connectivity index (χ2v) is 3.92. The molecule has 0 bridgehead atoms. The van der Waals surface area contributed by atoms with E-state index in [1.54, 1.807) is 12.1 Å². The van der Waals surface area contributed by atoms with Gasteiger partial charge in [0.2, 0.25) is 0 Å². The minimum absolute atomic E-state index is 0.0338. The SMILES string of the molecule is CCOC(=[NH2+])CC(=O)c1ccc(Br)cc1. The van der Waals surface area contributed by atoms with Gasteiger partial charge in [0.25, 0.3) is 0 Å². The summed E-state index contributed by atoms with van der Waals surface area (Å²) in [6.07, 6.45) is 0.134. The zero-order valence-electron chi connectivity index (χ0n) is 8.50. The van der Waals surface area contributed by atoms with Gasteiger partial charge in [0.05, 0.1) is 6.61 Å². The Kier molecular flexibility index (Phi) is 4.49. The minimum Gasteiger partial charge on any atom is -0.448 e. The fourth-order valence-electron chi connectivity index (χ4n) is 1.13. The molecule has 0 heterocycles. The van der Waals surface area contributed by atoms with Crippen LogP contribution in [0.2, 0.25) is 0 Å². The van der Waals surface area contributed by atoms with Gasteiger partial charge in [0, 0.05) is 10.0 Å². The summed E-state index contributed by atoms with van der Waals surface area (Å²) in [5.74, 6) is 0.235. The van der Waals surface area contributed by atoms with E-state index >= 15 is 0 Å². The summed E-state index contributed by atoms with van der Waals surface area (Å²) >= 11 is 3.30. The molecular weight excluding hydrogens is 258 g/mol. The van der Waals surface area contributed by atoms with E-state index in [9.17, 15) is 4.79 Å². The molecule has 0 fully saturated rings. The number of hydrogen-bond donors (Lipinski definition) is 1. The molecule has 0 aliphatic carbocycles. The van der Waals surface area contributed by atoms with Crippen LogP contribution in [0.3, 0.4) is 0 Å². The normalized spacial score (nSPS) is 9.73. The van der Waals surface area contributed by atoms with Gasteiger partial charge in [0.15, 0.2) is 5.78 Å². The molecule has 2 N–H and O–H groups in total. The lowest BCUT2D eigenvalue weighted by Gasteiger charge is -2.00. The van der Waals surface area contributed by atoms with Crippen LogP contribution in [0.15, 0.2) is 28.7 Å². The molecular formula is C11H13BrNO2+. The van der Waals surface area contributed by atoms with Crippen LogP contribution in [-0.2, 0) is 4.74 Å². The standard InChI is InChI=1S/C11H12BrNO2/c1-2-15-11(13)7-10(14)8-3-5-9(12)6-4-8/h3-6,13H,2,7H2,1H3/p+1. The first-order valence-electron chi connectivity index (χ1n) is 4.66. The number of rotatable bonds is 4. The number of hydrogen-bond acceptors (Lipinski definition) is 2. The van der Waals surface area contributed by atoms with Crippen LogP contribution in [-0.4, -0.2) is 18.3 Å². The van der Waals surface area contributed by atoms with E-state index in [2.05, 4.69) is 15.9 Å². The van der Waals surface area contributed by atoms with E-state index in [0.29, 0.717) is 12.2 Å². The maximum atomic E-state index is 11.6. The number of nitrogens with two attached hydrogens (primary N) is 1. The van der Waals surface area contributed by atoms with E-state index in [0.717, 1.165) is 4.47 Å². The summed E-state index contributed by atoms with van der Waals surface area (Å²) in [6.45, 7) is 2.32. The lowest BCUT2D eigenvalue weighted by molar-refractivity contribution is -0.141. The maximum Gasteiger partial charge on any atom is 0.340 e. The summed E-state index contributed by atoms with van der Waals surface area (Å²) in [7, 11) is 0. The average molecular weight is 271 g/mol. The molecule has 0 spiro atoms. The molecule has 0 radical (unpaired) electrons. The van der Waals surface area contributed by atoms with Crippen molar-refractivity contribution in [3.05, 3.63) is 34.3 Å². The van der Waals surface area contributed by atoms with Crippen molar-refractivity contribution in [3.8, 4) is 0 Å². The van der Waals surface area contributed by atoms with Gasteiger partial charge in [-0.05, 0) is 19.1 Å². The van der Waals surface area contributed by atoms with Crippen LogP contribution >= 0.6 is 15.9 Å². The van der Waals surface area contributed by atoms with E-state index < -0.39 is 0 Å². The monoisotopic (exact) mass is 270 g/mol. The Morgan fingerprint density at radius 1 is 1.40 bits per heavy atom. The predicted octanol–water partition coefficient (Wildman–Crippen LogP) is 1.22. The fraction of sp³-hybridized carbons (Fsp3) is 0.273. The van der Waals surface area contributed by atoms with E-state index in [1.165, 1.54) is 0 Å². The van der Waals surface area contributed by atoms with Crippen LogP contribution in [0, 0.1) is 0 Å². The van der Waals surface area contributed by atoms with Crippen LogP contribution in [0.4, 0.5) is 0 Å². The van der Waals surface area contributed by atoms with Crippen molar-refractivity contribution in [2.45, 2.75) is 13.3 Å². The molecule has 0 aromatic heterocycles. The molecule has 80 valence electrons. The second kappa shape index (κ2) is 5.66. The first-order chi connectivity index (χ1) is 7.13. The molecule has 1 rings (SSSR count). The van der Waals surface area contributed by atoms with Crippen molar-refractivity contribution in [2.75, 3.05) is 6.61 Å². The van der Waals surface area contributed by atoms with E-state index in [1.807, 2.05) is 19.1 Å². The second-order valence-electron chi connectivity index (χ2n) is 3.01. The molecule has 0 saturated heterocycles. The fourth-order valence-corrected chi connectivity index (χ4v) is 1.40. The number of carbonyl (C=O) groups is 1. The Morgan fingerprint density at radius 2 is 2.00 bits per heavy atom. The summed E-state index contributed by atoms with van der Waals surface area (Å²) in [5, 5.41) is 5.52. The summed E-state index contributed by atoms with van der Waals surface area (Å²) in [6, 6.07) is 7.16. The largest absolute Gasteiger partial charge is 0.448 e. The number of ketones is 1. The Balaban J connectivity index is 2.61. The molecule has 0 saturated carbocycles. The zero-order chi connectivity index (χ0) is 11.3. The van der Waals surface area contributed by atoms with Gasteiger partial charge in [-0.1, -0.05) is 28.1 Å². The lowest BCUT2D eigenvalue weighted by Crippen LogP contribution is -2.42. The molecule has 0 unspecified atom stereocenters. The maximum absolute atomic E-state index is 11.6. The first-order valence-corrected chi connectivity index (χ1v) is 5.45. The van der Waals surface area contributed by atoms with Crippen molar-refractivity contribution in [2.24, 2.45) is 0 Å². The predicted molar refractivity (Wildman–Crippen MR) is 61.6 cm³/mol. The number of ether oxygens (including phenoxy) is 1. The molecule has 0 aliphatic rings. The molecule has 0 amide bonds. The average Bonchev–Trinajstić information content (AvgIpc) is 2.18. The van der Waals surface area contributed by atoms with Crippen molar-refractivity contribution < 1.29 is 14.9 Å². The third kappa shape index (κ3) is 3.83. The van der Waals surface area contributed by atoms with E-state index in [4.69, 9.17) is 10.1 Å². The third-order valence-electron chi connectivity index (χ3n) is 1.83. The highest BCUT2D eigenvalue weighted by Crippen LogP contribution is 2.11. The van der Waals surface area contributed by atoms with Gasteiger partial charge in [-0.2, -0.15) is 0 Å². The molecule has 1 aromatic rings. The van der Waals surface area contributed by atoms with E-state index in [-0.39, 0.29) is 18.1 Å². The summed E-state index contributed by atoms with van der Waals surface area (Å²) < 4.78 is 5.97. The quantitative estimate of drug-likeness (QED) is 0.508. The molecule has 0 atom stereocenters.